The zero-order valence-corrected chi connectivity index (χ0v) is 13.2. The van der Waals surface area contributed by atoms with E-state index in [-0.39, 0.29) is 0 Å². The third-order valence-electron chi connectivity index (χ3n) is 2.65. The third-order valence-corrected chi connectivity index (χ3v) is 3.18. The minimum atomic E-state index is 0.574. The highest BCUT2D eigenvalue weighted by Gasteiger charge is 2.07. The number of hydrogen-bond acceptors (Lipinski definition) is 3. The highest BCUT2D eigenvalue weighted by molar-refractivity contribution is 9.10. The second-order valence-corrected chi connectivity index (χ2v) is 5.82. The van der Waals surface area contributed by atoms with Crippen molar-refractivity contribution in [2.45, 2.75) is 20.3 Å². The summed E-state index contributed by atoms with van der Waals surface area (Å²) < 4.78 is 6.76. The maximum atomic E-state index is 8.67. The summed E-state index contributed by atoms with van der Waals surface area (Å²) in [5.41, 5.74) is 0. The molecule has 0 fully saturated rings. The molecule has 0 aliphatic heterocycles. The van der Waals surface area contributed by atoms with Crippen LogP contribution in [0.1, 0.15) is 20.3 Å². The molecule has 0 atom stereocenters. The summed E-state index contributed by atoms with van der Waals surface area (Å²) in [5.74, 6) is 1.49. The zero-order chi connectivity index (χ0) is 14.1. The number of rotatable bonds is 8. The van der Waals surface area contributed by atoms with Crippen molar-refractivity contribution < 1.29 is 4.74 Å². The highest BCUT2D eigenvalue weighted by Crippen LogP contribution is 2.16. The van der Waals surface area contributed by atoms with E-state index < -0.39 is 0 Å². The summed E-state index contributed by atoms with van der Waals surface area (Å²) >= 11 is 3.40. The molecule has 0 saturated heterocycles. The number of hydrogen-bond donors (Lipinski definition) is 0. The predicted octanol–water partition coefficient (Wildman–Crippen LogP) is 3.70. The first-order chi connectivity index (χ1) is 9.11. The molecule has 0 N–H and O–H groups in total. The van der Waals surface area contributed by atoms with Crippen LogP contribution in [0, 0.1) is 17.2 Å². The summed E-state index contributed by atoms with van der Waals surface area (Å²) in [4.78, 5) is 2.28. The fourth-order valence-electron chi connectivity index (χ4n) is 1.84. The van der Waals surface area contributed by atoms with Crippen LogP contribution in [0.15, 0.2) is 28.7 Å². The standard InChI is InChI=1S/C15H21BrN2O/c1-13(2)12-18(9-3-8-17)10-11-19-15-6-4-14(16)5-7-15/h4-7,13H,3,9-12H2,1-2H3. The Kier molecular flexibility index (Phi) is 7.54. The van der Waals surface area contributed by atoms with Crippen molar-refractivity contribution in [2.75, 3.05) is 26.2 Å². The largest absolute Gasteiger partial charge is 0.492 e. The van der Waals surface area contributed by atoms with Crippen LogP contribution in [0.2, 0.25) is 0 Å². The lowest BCUT2D eigenvalue weighted by atomic mass is 10.2. The van der Waals surface area contributed by atoms with Gasteiger partial charge in [0.25, 0.3) is 0 Å². The van der Waals surface area contributed by atoms with Crippen molar-refractivity contribution in [2.24, 2.45) is 5.92 Å². The fraction of sp³-hybridized carbons (Fsp3) is 0.533. The normalized spacial score (nSPS) is 10.7. The molecule has 0 radical (unpaired) electrons. The molecular weight excluding hydrogens is 304 g/mol. The second kappa shape index (κ2) is 8.95. The van der Waals surface area contributed by atoms with Gasteiger partial charge in [-0.1, -0.05) is 29.8 Å². The van der Waals surface area contributed by atoms with Crippen LogP contribution in [-0.4, -0.2) is 31.1 Å². The molecule has 1 aromatic rings. The SMILES string of the molecule is CC(C)CN(CCC#N)CCOc1ccc(Br)cc1. The molecule has 1 aromatic carbocycles. The van der Waals surface area contributed by atoms with Crippen LogP contribution in [0.5, 0.6) is 5.75 Å². The Labute approximate surface area is 124 Å². The molecular formula is C15H21BrN2O. The van der Waals surface area contributed by atoms with Gasteiger partial charge in [0.15, 0.2) is 0 Å². The lowest BCUT2D eigenvalue weighted by Crippen LogP contribution is -2.32. The molecule has 0 aromatic heterocycles. The van der Waals surface area contributed by atoms with Crippen molar-refractivity contribution in [3.8, 4) is 11.8 Å². The molecule has 19 heavy (non-hydrogen) atoms. The van der Waals surface area contributed by atoms with E-state index in [0.29, 0.717) is 18.9 Å². The number of nitriles is 1. The number of halogens is 1. The van der Waals surface area contributed by atoms with E-state index in [4.69, 9.17) is 10.00 Å². The molecule has 3 nitrogen and oxygen atoms in total. The molecule has 0 spiro atoms. The Morgan fingerprint density at radius 2 is 1.95 bits per heavy atom. The van der Waals surface area contributed by atoms with Gasteiger partial charge in [-0.25, -0.2) is 0 Å². The first-order valence-electron chi connectivity index (χ1n) is 6.59. The van der Waals surface area contributed by atoms with Crippen LogP contribution >= 0.6 is 15.9 Å². The molecule has 0 aliphatic carbocycles. The molecule has 0 amide bonds. The Bertz CT molecular complexity index is 398. The van der Waals surface area contributed by atoms with Gasteiger partial charge in [-0.3, -0.25) is 4.90 Å². The number of ether oxygens (including phenoxy) is 1. The summed E-state index contributed by atoms with van der Waals surface area (Å²) in [7, 11) is 0. The minimum absolute atomic E-state index is 0.574. The van der Waals surface area contributed by atoms with Crippen molar-refractivity contribution in [3.63, 3.8) is 0 Å². The van der Waals surface area contributed by atoms with Gasteiger partial charge in [0.05, 0.1) is 6.07 Å². The number of nitrogens with zero attached hydrogens (tertiary/aromatic N) is 2. The maximum absolute atomic E-state index is 8.67. The molecule has 104 valence electrons. The van der Waals surface area contributed by atoms with Crippen molar-refractivity contribution >= 4 is 15.9 Å². The third kappa shape index (κ3) is 7.19. The van der Waals surface area contributed by atoms with Crippen LogP contribution < -0.4 is 4.74 Å². The van der Waals surface area contributed by atoms with Crippen molar-refractivity contribution in [3.05, 3.63) is 28.7 Å². The van der Waals surface area contributed by atoms with Gasteiger partial charge in [0, 0.05) is 30.5 Å². The van der Waals surface area contributed by atoms with Crippen LogP contribution in [0.25, 0.3) is 0 Å². The summed E-state index contributed by atoms with van der Waals surface area (Å²) in [6.07, 6.45) is 0.574. The highest BCUT2D eigenvalue weighted by atomic mass is 79.9. The van der Waals surface area contributed by atoms with E-state index in [1.54, 1.807) is 0 Å². The Hall–Kier alpha value is -1.05. The maximum Gasteiger partial charge on any atom is 0.119 e. The molecule has 0 saturated carbocycles. The van der Waals surface area contributed by atoms with E-state index in [9.17, 15) is 0 Å². The van der Waals surface area contributed by atoms with Gasteiger partial charge in [-0.05, 0) is 30.2 Å². The molecule has 0 heterocycles. The quantitative estimate of drug-likeness (QED) is 0.731. The first-order valence-corrected chi connectivity index (χ1v) is 7.38. The molecule has 4 heteroatoms. The summed E-state index contributed by atoms with van der Waals surface area (Å²) in [6.45, 7) is 7.71. The Morgan fingerprint density at radius 3 is 2.53 bits per heavy atom. The van der Waals surface area contributed by atoms with Gasteiger partial charge in [0.1, 0.15) is 12.4 Å². The topological polar surface area (TPSA) is 36.3 Å². The second-order valence-electron chi connectivity index (χ2n) is 4.90. The van der Waals surface area contributed by atoms with Gasteiger partial charge >= 0.3 is 0 Å². The van der Waals surface area contributed by atoms with E-state index >= 15 is 0 Å². The first kappa shape index (κ1) is 16.0. The van der Waals surface area contributed by atoms with Gasteiger partial charge < -0.3 is 4.74 Å². The zero-order valence-electron chi connectivity index (χ0n) is 11.6. The lowest BCUT2D eigenvalue weighted by molar-refractivity contribution is 0.195. The Morgan fingerprint density at radius 1 is 1.26 bits per heavy atom. The van der Waals surface area contributed by atoms with E-state index in [1.807, 2.05) is 24.3 Å². The van der Waals surface area contributed by atoms with E-state index in [0.717, 1.165) is 29.9 Å². The number of benzene rings is 1. The van der Waals surface area contributed by atoms with E-state index in [2.05, 4.69) is 40.7 Å². The average Bonchev–Trinajstić information content (AvgIpc) is 2.37. The van der Waals surface area contributed by atoms with Gasteiger partial charge in [0.2, 0.25) is 0 Å². The Balaban J connectivity index is 2.34. The van der Waals surface area contributed by atoms with Crippen LogP contribution in [0.3, 0.4) is 0 Å². The van der Waals surface area contributed by atoms with Crippen LogP contribution in [0.4, 0.5) is 0 Å². The van der Waals surface area contributed by atoms with Crippen molar-refractivity contribution in [1.29, 1.82) is 5.26 Å². The summed E-state index contributed by atoms with van der Waals surface area (Å²) in [5, 5.41) is 8.67. The monoisotopic (exact) mass is 324 g/mol. The summed E-state index contributed by atoms with van der Waals surface area (Å²) in [6, 6.07) is 10.0. The van der Waals surface area contributed by atoms with Gasteiger partial charge in [-0.15, -0.1) is 0 Å². The smallest absolute Gasteiger partial charge is 0.119 e. The molecule has 0 aliphatic rings. The van der Waals surface area contributed by atoms with Crippen LogP contribution in [-0.2, 0) is 0 Å². The molecule has 1 rings (SSSR count). The average molecular weight is 325 g/mol. The van der Waals surface area contributed by atoms with Crippen molar-refractivity contribution in [1.82, 2.24) is 4.90 Å². The molecule has 0 bridgehead atoms. The minimum Gasteiger partial charge on any atom is -0.492 e. The fourth-order valence-corrected chi connectivity index (χ4v) is 2.11. The lowest BCUT2D eigenvalue weighted by Gasteiger charge is -2.23. The van der Waals surface area contributed by atoms with E-state index in [1.165, 1.54) is 0 Å². The van der Waals surface area contributed by atoms with Gasteiger partial charge in [-0.2, -0.15) is 5.26 Å². The molecule has 0 unspecified atom stereocenters. The predicted molar refractivity (Wildman–Crippen MR) is 81.1 cm³/mol.